The van der Waals surface area contributed by atoms with Crippen LogP contribution in [0.2, 0.25) is 0 Å². The standard InChI is InChI=1S/C14H22BrN3O2S/c1-13(2,3)20-12(19)17-8-14(4)5-6-18(9-14)11-16-7-10(15)21-11/h7H,5-6,8-9H2,1-4H3,(H,17,19). The molecule has 21 heavy (non-hydrogen) atoms. The molecule has 1 N–H and O–H groups in total. The number of nitrogens with one attached hydrogen (secondary N) is 1. The second-order valence-electron chi connectivity index (χ2n) is 6.78. The molecule has 1 saturated heterocycles. The summed E-state index contributed by atoms with van der Waals surface area (Å²) in [6, 6.07) is 0. The number of aromatic nitrogens is 1. The van der Waals surface area contributed by atoms with Gasteiger partial charge in [0.15, 0.2) is 5.13 Å². The molecular weight excluding hydrogens is 354 g/mol. The lowest BCUT2D eigenvalue weighted by atomic mass is 9.90. The Kier molecular flexibility index (Phi) is 4.82. The average molecular weight is 376 g/mol. The molecule has 1 atom stereocenters. The Morgan fingerprint density at radius 1 is 1.62 bits per heavy atom. The van der Waals surface area contributed by atoms with Gasteiger partial charge in [-0.2, -0.15) is 0 Å². The topological polar surface area (TPSA) is 54.5 Å². The van der Waals surface area contributed by atoms with Crippen LogP contribution in [0.1, 0.15) is 34.1 Å². The number of nitrogens with zero attached hydrogens (tertiary/aromatic N) is 2. The zero-order chi connectivity index (χ0) is 15.7. The van der Waals surface area contributed by atoms with Crippen molar-refractivity contribution in [3.05, 3.63) is 9.98 Å². The summed E-state index contributed by atoms with van der Waals surface area (Å²) in [5.41, 5.74) is -0.408. The van der Waals surface area contributed by atoms with E-state index in [0.29, 0.717) is 6.54 Å². The van der Waals surface area contributed by atoms with Gasteiger partial charge in [0.1, 0.15) is 5.60 Å². The molecule has 2 heterocycles. The van der Waals surface area contributed by atoms with Crippen LogP contribution in [0.3, 0.4) is 0 Å². The van der Waals surface area contributed by atoms with Gasteiger partial charge in [0, 0.05) is 25.0 Å². The Morgan fingerprint density at radius 3 is 2.90 bits per heavy atom. The highest BCUT2D eigenvalue weighted by atomic mass is 79.9. The van der Waals surface area contributed by atoms with Gasteiger partial charge in [-0.25, -0.2) is 9.78 Å². The predicted molar refractivity (Wildman–Crippen MR) is 89.0 cm³/mol. The molecule has 0 aliphatic carbocycles. The van der Waals surface area contributed by atoms with Crippen molar-refractivity contribution in [2.75, 3.05) is 24.5 Å². The molecule has 1 unspecified atom stereocenters. The van der Waals surface area contributed by atoms with Gasteiger partial charge in [0.05, 0.1) is 9.98 Å². The Bertz CT molecular complexity index is 515. The summed E-state index contributed by atoms with van der Waals surface area (Å²) in [6.45, 7) is 10.3. The third kappa shape index (κ3) is 4.85. The number of amides is 1. The van der Waals surface area contributed by atoms with Gasteiger partial charge in [-0.1, -0.05) is 18.3 Å². The van der Waals surface area contributed by atoms with Crippen LogP contribution in [0.25, 0.3) is 0 Å². The molecule has 5 nitrogen and oxygen atoms in total. The summed E-state index contributed by atoms with van der Waals surface area (Å²) >= 11 is 5.08. The van der Waals surface area contributed by atoms with Gasteiger partial charge >= 0.3 is 6.09 Å². The van der Waals surface area contributed by atoms with E-state index in [1.54, 1.807) is 11.3 Å². The van der Waals surface area contributed by atoms with E-state index < -0.39 is 5.60 Å². The fourth-order valence-corrected chi connectivity index (χ4v) is 3.53. The first-order chi connectivity index (χ1) is 9.67. The summed E-state index contributed by atoms with van der Waals surface area (Å²) in [6.07, 6.45) is 2.51. The lowest BCUT2D eigenvalue weighted by molar-refractivity contribution is 0.0507. The first kappa shape index (κ1) is 16.5. The molecule has 2 rings (SSSR count). The Morgan fingerprint density at radius 2 is 2.33 bits per heavy atom. The summed E-state index contributed by atoms with van der Waals surface area (Å²) in [5.74, 6) is 0. The van der Waals surface area contributed by atoms with Crippen LogP contribution in [0.5, 0.6) is 0 Å². The number of thiazole rings is 1. The summed E-state index contributed by atoms with van der Waals surface area (Å²) in [5, 5.41) is 3.92. The van der Waals surface area contributed by atoms with Crippen LogP contribution >= 0.6 is 27.3 Å². The zero-order valence-electron chi connectivity index (χ0n) is 12.9. The van der Waals surface area contributed by atoms with Gasteiger partial charge < -0.3 is 15.0 Å². The molecule has 1 aliphatic heterocycles. The number of ether oxygens (including phenoxy) is 1. The molecule has 1 aliphatic rings. The van der Waals surface area contributed by atoms with Crippen molar-refractivity contribution in [1.82, 2.24) is 10.3 Å². The maximum Gasteiger partial charge on any atom is 0.407 e. The van der Waals surface area contributed by atoms with E-state index in [1.807, 2.05) is 27.0 Å². The van der Waals surface area contributed by atoms with E-state index in [-0.39, 0.29) is 11.5 Å². The average Bonchev–Trinajstić information content (AvgIpc) is 2.92. The molecule has 0 radical (unpaired) electrons. The van der Waals surface area contributed by atoms with Gasteiger partial charge in [-0.3, -0.25) is 0 Å². The number of alkyl carbamates (subject to hydrolysis) is 1. The summed E-state index contributed by atoms with van der Waals surface area (Å²) in [4.78, 5) is 18.4. The molecule has 1 fully saturated rings. The van der Waals surface area contributed by atoms with E-state index in [2.05, 4.69) is 38.1 Å². The number of rotatable bonds is 3. The van der Waals surface area contributed by atoms with Crippen LogP contribution in [-0.4, -0.2) is 36.3 Å². The number of halogens is 1. The third-order valence-electron chi connectivity index (χ3n) is 3.35. The van der Waals surface area contributed by atoms with Crippen molar-refractivity contribution in [1.29, 1.82) is 0 Å². The van der Waals surface area contributed by atoms with Crippen LogP contribution in [0.15, 0.2) is 9.98 Å². The van der Waals surface area contributed by atoms with Crippen LogP contribution < -0.4 is 10.2 Å². The maximum atomic E-state index is 11.7. The molecule has 7 heteroatoms. The molecule has 0 aromatic carbocycles. The Labute approximate surface area is 138 Å². The van der Waals surface area contributed by atoms with Crippen molar-refractivity contribution in [3.8, 4) is 0 Å². The van der Waals surface area contributed by atoms with E-state index >= 15 is 0 Å². The van der Waals surface area contributed by atoms with E-state index in [4.69, 9.17) is 4.74 Å². The minimum absolute atomic E-state index is 0.0506. The molecule has 118 valence electrons. The lowest BCUT2D eigenvalue weighted by Crippen LogP contribution is -2.40. The summed E-state index contributed by atoms with van der Waals surface area (Å²) in [7, 11) is 0. The maximum absolute atomic E-state index is 11.7. The lowest BCUT2D eigenvalue weighted by Gasteiger charge is -2.26. The van der Waals surface area contributed by atoms with Crippen molar-refractivity contribution >= 4 is 38.5 Å². The number of hydrogen-bond acceptors (Lipinski definition) is 5. The first-order valence-corrected chi connectivity index (χ1v) is 8.61. The number of anilines is 1. The van der Waals surface area contributed by atoms with E-state index in [1.165, 1.54) is 0 Å². The minimum Gasteiger partial charge on any atom is -0.444 e. The van der Waals surface area contributed by atoms with Gasteiger partial charge in [0.2, 0.25) is 0 Å². The molecular formula is C14H22BrN3O2S. The molecule has 1 amide bonds. The second kappa shape index (κ2) is 6.12. The van der Waals surface area contributed by atoms with Crippen LogP contribution in [-0.2, 0) is 4.74 Å². The largest absolute Gasteiger partial charge is 0.444 e. The molecule has 0 spiro atoms. The molecule has 0 saturated carbocycles. The van der Waals surface area contributed by atoms with Crippen LogP contribution in [0.4, 0.5) is 9.93 Å². The normalized spacial score (nSPS) is 22.4. The smallest absolute Gasteiger partial charge is 0.407 e. The highest BCUT2D eigenvalue weighted by Gasteiger charge is 2.35. The predicted octanol–water partition coefficient (Wildman–Crippen LogP) is 3.65. The number of carbonyl (C=O) groups excluding carboxylic acids is 1. The third-order valence-corrected chi connectivity index (χ3v) is 4.89. The summed E-state index contributed by atoms with van der Waals surface area (Å²) < 4.78 is 6.32. The molecule has 0 bridgehead atoms. The van der Waals surface area contributed by atoms with Crippen molar-refractivity contribution < 1.29 is 9.53 Å². The quantitative estimate of drug-likeness (QED) is 0.875. The SMILES string of the molecule is CC1(CNC(=O)OC(C)(C)C)CCN(c2ncc(Br)s2)C1. The van der Waals surface area contributed by atoms with Crippen molar-refractivity contribution in [3.63, 3.8) is 0 Å². The second-order valence-corrected chi connectivity index (χ2v) is 9.17. The highest BCUT2D eigenvalue weighted by Crippen LogP contribution is 2.35. The van der Waals surface area contributed by atoms with E-state index in [9.17, 15) is 4.79 Å². The Hall–Kier alpha value is -0.820. The van der Waals surface area contributed by atoms with Gasteiger partial charge in [0.25, 0.3) is 0 Å². The van der Waals surface area contributed by atoms with Gasteiger partial charge in [-0.05, 0) is 43.1 Å². The number of carbonyl (C=O) groups is 1. The van der Waals surface area contributed by atoms with Crippen molar-refractivity contribution in [2.45, 2.75) is 39.7 Å². The first-order valence-electron chi connectivity index (χ1n) is 7.00. The van der Waals surface area contributed by atoms with E-state index in [0.717, 1.165) is 28.4 Å². The fourth-order valence-electron chi connectivity index (χ4n) is 2.32. The van der Waals surface area contributed by atoms with Gasteiger partial charge in [-0.15, -0.1) is 0 Å². The minimum atomic E-state index is -0.458. The Balaban J connectivity index is 1.85. The molecule has 1 aromatic rings. The van der Waals surface area contributed by atoms with Crippen LogP contribution in [0, 0.1) is 5.41 Å². The number of hydrogen-bond donors (Lipinski definition) is 1. The highest BCUT2D eigenvalue weighted by molar-refractivity contribution is 9.11. The zero-order valence-corrected chi connectivity index (χ0v) is 15.3. The molecule has 1 aromatic heterocycles. The fraction of sp³-hybridized carbons (Fsp3) is 0.714. The monoisotopic (exact) mass is 375 g/mol. The van der Waals surface area contributed by atoms with Crippen molar-refractivity contribution in [2.24, 2.45) is 5.41 Å².